The summed E-state index contributed by atoms with van der Waals surface area (Å²) in [5, 5.41) is 0. The van der Waals surface area contributed by atoms with Crippen molar-refractivity contribution in [2.75, 3.05) is 30.1 Å². The lowest BCUT2D eigenvalue weighted by Crippen LogP contribution is -2.37. The van der Waals surface area contributed by atoms with Gasteiger partial charge < -0.3 is 4.74 Å². The number of thioether (sulfide) groups is 1. The Hall–Kier alpha value is -2.01. The zero-order valence-corrected chi connectivity index (χ0v) is 13.7. The molecule has 0 atom stereocenters. The molecule has 0 spiro atoms. The summed E-state index contributed by atoms with van der Waals surface area (Å²) in [5.74, 6) is 2.12. The van der Waals surface area contributed by atoms with Crippen LogP contribution in [0.4, 0.5) is 5.82 Å². The molecular formula is C17H20N2O2S. The largest absolute Gasteiger partial charge is 0.484 e. The molecule has 0 saturated heterocycles. The maximum atomic E-state index is 12.4. The highest BCUT2D eigenvalue weighted by Gasteiger charge is 2.16. The average Bonchev–Trinajstić information content (AvgIpc) is 2.55. The fourth-order valence-electron chi connectivity index (χ4n) is 1.92. The lowest BCUT2D eigenvalue weighted by Gasteiger charge is -2.21. The van der Waals surface area contributed by atoms with Crippen LogP contribution in [0.5, 0.6) is 5.75 Å². The molecule has 4 nitrogen and oxygen atoms in total. The van der Waals surface area contributed by atoms with Crippen molar-refractivity contribution in [3.8, 4) is 5.75 Å². The lowest BCUT2D eigenvalue weighted by atomic mass is 10.2. The number of carbonyl (C=O) groups excluding carboxylic acids is 1. The third kappa shape index (κ3) is 4.77. The summed E-state index contributed by atoms with van der Waals surface area (Å²) in [6.45, 7) is 2.64. The van der Waals surface area contributed by atoms with Gasteiger partial charge in [-0.25, -0.2) is 4.98 Å². The summed E-state index contributed by atoms with van der Waals surface area (Å²) in [7, 11) is 0. The quantitative estimate of drug-likeness (QED) is 0.787. The second-order valence-corrected chi connectivity index (χ2v) is 5.81. The smallest absolute Gasteiger partial charge is 0.266 e. The summed E-state index contributed by atoms with van der Waals surface area (Å²) in [4.78, 5) is 18.4. The molecule has 0 saturated carbocycles. The van der Waals surface area contributed by atoms with Crippen molar-refractivity contribution in [3.63, 3.8) is 0 Å². The summed E-state index contributed by atoms with van der Waals surface area (Å²) < 4.78 is 5.58. The summed E-state index contributed by atoms with van der Waals surface area (Å²) >= 11 is 1.70. The third-order valence-corrected chi connectivity index (χ3v) is 3.72. The van der Waals surface area contributed by atoms with Gasteiger partial charge in [-0.2, -0.15) is 11.8 Å². The van der Waals surface area contributed by atoms with E-state index in [1.54, 1.807) is 22.9 Å². The van der Waals surface area contributed by atoms with Crippen molar-refractivity contribution in [2.24, 2.45) is 0 Å². The van der Waals surface area contributed by atoms with Gasteiger partial charge in [-0.1, -0.05) is 23.8 Å². The minimum absolute atomic E-state index is 0.00795. The highest BCUT2D eigenvalue weighted by atomic mass is 32.2. The molecule has 5 heteroatoms. The van der Waals surface area contributed by atoms with E-state index >= 15 is 0 Å². The first-order valence-electron chi connectivity index (χ1n) is 7.10. The minimum Gasteiger partial charge on any atom is -0.484 e. The Morgan fingerprint density at radius 3 is 2.64 bits per heavy atom. The fraction of sp³-hybridized carbons (Fsp3) is 0.294. The monoisotopic (exact) mass is 316 g/mol. The standard InChI is InChI=1S/C17H20N2O2S/c1-14-6-8-15(9-7-14)21-13-17(20)19(11-12-22-2)16-5-3-4-10-18-16/h3-10H,11-13H2,1-2H3. The van der Waals surface area contributed by atoms with Crippen molar-refractivity contribution in [3.05, 3.63) is 54.2 Å². The van der Waals surface area contributed by atoms with Crippen molar-refractivity contribution in [1.82, 2.24) is 4.98 Å². The maximum absolute atomic E-state index is 12.4. The van der Waals surface area contributed by atoms with Gasteiger partial charge in [-0.15, -0.1) is 0 Å². The number of nitrogens with zero attached hydrogens (tertiary/aromatic N) is 2. The van der Waals surface area contributed by atoms with Gasteiger partial charge in [0.25, 0.3) is 5.91 Å². The van der Waals surface area contributed by atoms with Gasteiger partial charge in [0.15, 0.2) is 6.61 Å². The molecule has 0 fully saturated rings. The number of hydrogen-bond acceptors (Lipinski definition) is 4. The van der Waals surface area contributed by atoms with Gasteiger partial charge in [-0.05, 0) is 37.4 Å². The summed E-state index contributed by atoms with van der Waals surface area (Å²) in [6.07, 6.45) is 3.71. The molecule has 0 aliphatic heterocycles. The molecule has 1 amide bonds. The molecule has 0 aliphatic carbocycles. The highest BCUT2D eigenvalue weighted by molar-refractivity contribution is 7.98. The topological polar surface area (TPSA) is 42.4 Å². The molecule has 1 aromatic heterocycles. The van der Waals surface area contributed by atoms with E-state index in [4.69, 9.17) is 4.74 Å². The molecule has 0 bridgehead atoms. The Bertz CT molecular complexity index is 587. The Morgan fingerprint density at radius 2 is 2.00 bits per heavy atom. The molecule has 116 valence electrons. The first-order chi connectivity index (χ1) is 10.7. The number of ether oxygens (including phenoxy) is 1. The second kappa shape index (κ2) is 8.44. The average molecular weight is 316 g/mol. The normalized spacial score (nSPS) is 10.3. The van der Waals surface area contributed by atoms with E-state index in [0.29, 0.717) is 18.1 Å². The maximum Gasteiger partial charge on any atom is 0.266 e. The van der Waals surface area contributed by atoms with Crippen LogP contribution in [0.1, 0.15) is 5.56 Å². The predicted molar refractivity (Wildman–Crippen MR) is 91.6 cm³/mol. The van der Waals surface area contributed by atoms with Crippen LogP contribution >= 0.6 is 11.8 Å². The SMILES string of the molecule is CSCCN(C(=O)COc1ccc(C)cc1)c1ccccn1. The van der Waals surface area contributed by atoms with Gasteiger partial charge in [0, 0.05) is 18.5 Å². The molecule has 1 heterocycles. The Kier molecular flexibility index (Phi) is 6.27. The van der Waals surface area contributed by atoms with Crippen LogP contribution in [0.15, 0.2) is 48.7 Å². The lowest BCUT2D eigenvalue weighted by molar-refractivity contribution is -0.120. The minimum atomic E-state index is -0.0895. The van der Waals surface area contributed by atoms with Crippen LogP contribution in [0.25, 0.3) is 0 Å². The predicted octanol–water partition coefficient (Wildman–Crippen LogP) is 3.17. The molecule has 0 unspecified atom stereocenters. The van der Waals surface area contributed by atoms with Gasteiger partial charge >= 0.3 is 0 Å². The first-order valence-corrected chi connectivity index (χ1v) is 8.50. The van der Waals surface area contributed by atoms with Crippen LogP contribution in [0.3, 0.4) is 0 Å². The van der Waals surface area contributed by atoms with E-state index in [-0.39, 0.29) is 12.5 Å². The highest BCUT2D eigenvalue weighted by Crippen LogP contribution is 2.14. The van der Waals surface area contributed by atoms with Crippen molar-refractivity contribution < 1.29 is 9.53 Å². The van der Waals surface area contributed by atoms with E-state index in [2.05, 4.69) is 4.98 Å². The van der Waals surface area contributed by atoms with Crippen LogP contribution < -0.4 is 9.64 Å². The van der Waals surface area contributed by atoms with Crippen molar-refractivity contribution >= 4 is 23.5 Å². The number of rotatable bonds is 7. The van der Waals surface area contributed by atoms with E-state index in [0.717, 1.165) is 11.3 Å². The van der Waals surface area contributed by atoms with E-state index in [1.165, 1.54) is 0 Å². The zero-order chi connectivity index (χ0) is 15.8. The third-order valence-electron chi connectivity index (χ3n) is 3.13. The van der Waals surface area contributed by atoms with Crippen LogP contribution in [0, 0.1) is 6.92 Å². The summed E-state index contributed by atoms with van der Waals surface area (Å²) in [5.41, 5.74) is 1.16. The van der Waals surface area contributed by atoms with Gasteiger partial charge in [-0.3, -0.25) is 9.69 Å². The molecule has 0 N–H and O–H groups in total. The molecule has 0 aliphatic rings. The number of pyridine rings is 1. The molecular weight excluding hydrogens is 296 g/mol. The van der Waals surface area contributed by atoms with Gasteiger partial charge in [0.05, 0.1) is 0 Å². The Morgan fingerprint density at radius 1 is 1.23 bits per heavy atom. The van der Waals surface area contributed by atoms with E-state index in [1.807, 2.05) is 55.6 Å². The number of carbonyl (C=O) groups is 1. The van der Waals surface area contributed by atoms with E-state index in [9.17, 15) is 4.79 Å². The van der Waals surface area contributed by atoms with Crippen LogP contribution in [-0.2, 0) is 4.79 Å². The number of amides is 1. The van der Waals surface area contributed by atoms with Crippen LogP contribution in [-0.4, -0.2) is 36.1 Å². The number of anilines is 1. The molecule has 0 radical (unpaired) electrons. The number of aryl methyl sites for hydroxylation is 1. The number of benzene rings is 1. The number of aromatic nitrogens is 1. The number of hydrogen-bond donors (Lipinski definition) is 0. The summed E-state index contributed by atoms with van der Waals surface area (Å²) in [6, 6.07) is 13.2. The fourth-order valence-corrected chi connectivity index (χ4v) is 2.29. The van der Waals surface area contributed by atoms with E-state index < -0.39 is 0 Å². The second-order valence-electron chi connectivity index (χ2n) is 4.83. The van der Waals surface area contributed by atoms with Crippen molar-refractivity contribution in [1.29, 1.82) is 0 Å². The Balaban J connectivity index is 2.00. The van der Waals surface area contributed by atoms with Gasteiger partial charge in [0.2, 0.25) is 0 Å². The first kappa shape index (κ1) is 16.4. The Labute approximate surface area is 135 Å². The zero-order valence-electron chi connectivity index (χ0n) is 12.9. The molecule has 1 aromatic carbocycles. The van der Waals surface area contributed by atoms with Gasteiger partial charge in [0.1, 0.15) is 11.6 Å². The molecule has 2 aromatic rings. The molecule has 2 rings (SSSR count). The van der Waals surface area contributed by atoms with Crippen LogP contribution in [0.2, 0.25) is 0 Å². The molecule has 22 heavy (non-hydrogen) atoms. The van der Waals surface area contributed by atoms with Crippen molar-refractivity contribution in [2.45, 2.75) is 6.92 Å².